The molecule has 3 heterocycles. The van der Waals surface area contributed by atoms with E-state index < -0.39 is 24.1 Å². The fraction of sp³-hybridized carbons (Fsp3) is 0.429. The SMILES string of the molecule is O=C(ON1C(=O)NC(Cc2ccccc2)C1=O)N1CCCN(c2cccc(C(=O)N3CCCCC3)c2Cl)CC1. The largest absolute Gasteiger partial charge is 0.434 e. The molecule has 5 amide bonds. The smallest absolute Gasteiger partial charge is 0.368 e. The van der Waals surface area contributed by atoms with E-state index in [1.807, 2.05) is 52.3 Å². The molecule has 2 aromatic carbocycles. The van der Waals surface area contributed by atoms with E-state index in [1.54, 1.807) is 6.07 Å². The van der Waals surface area contributed by atoms with Crippen LogP contribution in [0.5, 0.6) is 0 Å². The quantitative estimate of drug-likeness (QED) is 0.567. The molecule has 3 aliphatic heterocycles. The third-order valence-corrected chi connectivity index (χ3v) is 7.78. The zero-order valence-electron chi connectivity index (χ0n) is 21.7. The molecule has 1 N–H and O–H groups in total. The Balaban J connectivity index is 1.19. The Kier molecular flexibility index (Phi) is 8.21. The Bertz CT molecular complexity index is 1240. The van der Waals surface area contributed by atoms with Gasteiger partial charge in [0.2, 0.25) is 0 Å². The zero-order chi connectivity index (χ0) is 27.4. The summed E-state index contributed by atoms with van der Waals surface area (Å²) in [7, 11) is 0. The molecule has 0 spiro atoms. The summed E-state index contributed by atoms with van der Waals surface area (Å²) >= 11 is 6.74. The molecule has 39 heavy (non-hydrogen) atoms. The van der Waals surface area contributed by atoms with E-state index in [9.17, 15) is 19.2 Å². The minimum atomic E-state index is -0.797. The van der Waals surface area contributed by atoms with Gasteiger partial charge < -0.3 is 24.9 Å². The van der Waals surface area contributed by atoms with Crippen LogP contribution in [0.3, 0.4) is 0 Å². The molecule has 2 aromatic rings. The topological polar surface area (TPSA) is 102 Å². The Morgan fingerprint density at radius 2 is 1.59 bits per heavy atom. The summed E-state index contributed by atoms with van der Waals surface area (Å²) in [5, 5.41) is 3.51. The number of benzene rings is 2. The molecule has 3 fully saturated rings. The number of anilines is 1. The highest BCUT2D eigenvalue weighted by molar-refractivity contribution is 6.36. The summed E-state index contributed by atoms with van der Waals surface area (Å²) < 4.78 is 0. The number of nitrogens with one attached hydrogen (secondary N) is 1. The fourth-order valence-corrected chi connectivity index (χ4v) is 5.59. The summed E-state index contributed by atoms with van der Waals surface area (Å²) in [5.74, 6) is -0.656. The number of imide groups is 1. The molecule has 0 aromatic heterocycles. The number of nitrogens with zero attached hydrogens (tertiary/aromatic N) is 4. The third kappa shape index (κ3) is 5.95. The van der Waals surface area contributed by atoms with Crippen LogP contribution in [-0.4, -0.2) is 84.1 Å². The summed E-state index contributed by atoms with van der Waals surface area (Å²) in [4.78, 5) is 61.8. The second kappa shape index (κ2) is 11.9. The molecule has 1 unspecified atom stereocenters. The van der Waals surface area contributed by atoms with E-state index in [1.165, 1.54) is 4.90 Å². The van der Waals surface area contributed by atoms with Crippen LogP contribution in [0, 0.1) is 0 Å². The van der Waals surface area contributed by atoms with Gasteiger partial charge in [0, 0.05) is 45.7 Å². The first-order valence-electron chi connectivity index (χ1n) is 13.4. The fourth-order valence-electron chi connectivity index (χ4n) is 5.26. The summed E-state index contributed by atoms with van der Waals surface area (Å²) in [6.45, 7) is 3.24. The lowest BCUT2D eigenvalue weighted by molar-refractivity contribution is -0.151. The van der Waals surface area contributed by atoms with Crippen LogP contribution < -0.4 is 10.2 Å². The van der Waals surface area contributed by atoms with Crippen molar-refractivity contribution >= 4 is 41.2 Å². The van der Waals surface area contributed by atoms with Gasteiger partial charge in [-0.3, -0.25) is 9.59 Å². The Hall–Kier alpha value is -3.79. The number of carbonyl (C=O) groups is 4. The monoisotopic (exact) mass is 553 g/mol. The first kappa shape index (κ1) is 26.8. The first-order chi connectivity index (χ1) is 18.9. The van der Waals surface area contributed by atoms with Crippen molar-refractivity contribution < 1.29 is 24.0 Å². The second-order valence-corrected chi connectivity index (χ2v) is 10.4. The highest BCUT2D eigenvalue weighted by atomic mass is 35.5. The summed E-state index contributed by atoms with van der Waals surface area (Å²) in [6, 6.07) is 13.2. The normalized spacial score (nSPS) is 20.1. The third-order valence-electron chi connectivity index (χ3n) is 7.38. The number of amides is 5. The van der Waals surface area contributed by atoms with Crippen LogP contribution in [0.1, 0.15) is 41.6 Å². The minimum Gasteiger partial charge on any atom is -0.368 e. The number of carbonyl (C=O) groups excluding carboxylic acids is 4. The first-order valence-corrected chi connectivity index (χ1v) is 13.8. The number of hydroxylamine groups is 2. The van der Waals surface area contributed by atoms with E-state index in [0.29, 0.717) is 54.7 Å². The van der Waals surface area contributed by atoms with Crippen LogP contribution >= 0.6 is 11.6 Å². The van der Waals surface area contributed by atoms with Crippen molar-refractivity contribution in [3.63, 3.8) is 0 Å². The zero-order valence-corrected chi connectivity index (χ0v) is 22.4. The van der Waals surface area contributed by atoms with Gasteiger partial charge in [-0.1, -0.05) is 53.1 Å². The molecule has 5 rings (SSSR count). The Labute approximate surface area is 232 Å². The van der Waals surface area contributed by atoms with E-state index in [-0.39, 0.29) is 5.91 Å². The molecule has 10 nitrogen and oxygen atoms in total. The van der Waals surface area contributed by atoms with Gasteiger partial charge in [0.05, 0.1) is 16.3 Å². The van der Waals surface area contributed by atoms with E-state index >= 15 is 0 Å². The molecule has 1 atom stereocenters. The Morgan fingerprint density at radius 3 is 2.36 bits per heavy atom. The molecular formula is C28H32ClN5O5. The number of halogens is 1. The molecule has 206 valence electrons. The average molecular weight is 554 g/mol. The van der Waals surface area contributed by atoms with Crippen molar-refractivity contribution in [1.29, 1.82) is 0 Å². The predicted octanol–water partition coefficient (Wildman–Crippen LogP) is 3.69. The van der Waals surface area contributed by atoms with Crippen molar-refractivity contribution in [2.24, 2.45) is 0 Å². The van der Waals surface area contributed by atoms with E-state index in [4.69, 9.17) is 16.4 Å². The maximum absolute atomic E-state index is 13.1. The maximum atomic E-state index is 13.1. The van der Waals surface area contributed by atoms with Gasteiger partial charge >= 0.3 is 12.1 Å². The average Bonchev–Trinajstić information content (AvgIpc) is 3.11. The lowest BCUT2D eigenvalue weighted by atomic mass is 10.1. The predicted molar refractivity (Wildman–Crippen MR) is 145 cm³/mol. The number of hydrogen-bond donors (Lipinski definition) is 1. The lowest BCUT2D eigenvalue weighted by Crippen LogP contribution is -2.42. The number of rotatable bonds is 5. The highest BCUT2D eigenvalue weighted by Gasteiger charge is 2.42. The van der Waals surface area contributed by atoms with Gasteiger partial charge in [-0.05, 0) is 43.4 Å². The number of urea groups is 1. The van der Waals surface area contributed by atoms with Gasteiger partial charge in [-0.15, -0.1) is 0 Å². The molecule has 0 aliphatic carbocycles. The van der Waals surface area contributed by atoms with Crippen molar-refractivity contribution in [2.75, 3.05) is 44.2 Å². The van der Waals surface area contributed by atoms with Crippen LogP contribution in [0.2, 0.25) is 5.02 Å². The van der Waals surface area contributed by atoms with Crippen molar-refractivity contribution in [3.05, 3.63) is 64.7 Å². The van der Waals surface area contributed by atoms with Crippen LogP contribution in [0.15, 0.2) is 48.5 Å². The number of hydrogen-bond acceptors (Lipinski definition) is 6. The van der Waals surface area contributed by atoms with Gasteiger partial charge in [-0.25, -0.2) is 9.59 Å². The molecule has 0 saturated carbocycles. The summed E-state index contributed by atoms with van der Waals surface area (Å²) in [5.41, 5.74) is 2.12. The van der Waals surface area contributed by atoms with Crippen LogP contribution in [-0.2, 0) is 16.1 Å². The van der Waals surface area contributed by atoms with Gasteiger partial charge in [0.1, 0.15) is 6.04 Å². The highest BCUT2D eigenvalue weighted by Crippen LogP contribution is 2.31. The molecular weight excluding hydrogens is 522 g/mol. The van der Waals surface area contributed by atoms with Crippen molar-refractivity contribution in [1.82, 2.24) is 20.2 Å². The maximum Gasteiger partial charge on any atom is 0.434 e. The van der Waals surface area contributed by atoms with Crippen LogP contribution in [0.25, 0.3) is 0 Å². The molecule has 0 radical (unpaired) electrons. The van der Waals surface area contributed by atoms with Crippen LogP contribution in [0.4, 0.5) is 15.3 Å². The van der Waals surface area contributed by atoms with Gasteiger partial charge in [-0.2, -0.15) is 0 Å². The standard InChI is InChI=1S/C28H32ClN5O5/c29-24-21(25(35)32-13-5-2-6-14-32)11-7-12-23(24)31-15-8-16-33(18-17-31)28(38)39-34-26(36)22(30-27(34)37)19-20-9-3-1-4-10-20/h1,3-4,7,9-12,22H,2,5-6,8,13-19H2,(H,30,37). The van der Waals surface area contributed by atoms with Crippen molar-refractivity contribution in [2.45, 2.75) is 38.1 Å². The lowest BCUT2D eigenvalue weighted by Gasteiger charge is -2.29. The molecule has 3 aliphatic rings. The van der Waals surface area contributed by atoms with Gasteiger partial charge in [0.15, 0.2) is 0 Å². The molecule has 3 saturated heterocycles. The second-order valence-electron chi connectivity index (χ2n) is 10.0. The molecule has 11 heteroatoms. The number of piperidine rings is 1. The molecule has 0 bridgehead atoms. The minimum absolute atomic E-state index is 0.0549. The van der Waals surface area contributed by atoms with Crippen molar-refractivity contribution in [3.8, 4) is 0 Å². The van der Waals surface area contributed by atoms with E-state index in [0.717, 1.165) is 43.6 Å². The van der Waals surface area contributed by atoms with Gasteiger partial charge in [0.25, 0.3) is 11.8 Å². The summed E-state index contributed by atoms with van der Waals surface area (Å²) in [6.07, 6.45) is 3.29. The number of likely N-dealkylation sites (tertiary alicyclic amines) is 1. The van der Waals surface area contributed by atoms with E-state index in [2.05, 4.69) is 5.32 Å². The Morgan fingerprint density at radius 1 is 0.846 bits per heavy atom.